The van der Waals surface area contributed by atoms with Gasteiger partial charge in [0, 0.05) is 28.2 Å². The fourth-order valence-electron chi connectivity index (χ4n) is 1.31. The van der Waals surface area contributed by atoms with Crippen molar-refractivity contribution < 1.29 is 9.31 Å². The topological polar surface area (TPSA) is 74.9 Å². The number of nitro groups is 1. The van der Waals surface area contributed by atoms with E-state index in [4.69, 9.17) is 0 Å². The van der Waals surface area contributed by atoms with Gasteiger partial charge in [-0.25, -0.2) is 14.4 Å². The molecule has 8 heteroatoms. The van der Waals surface area contributed by atoms with Crippen molar-refractivity contribution in [3.05, 3.63) is 33.9 Å². The van der Waals surface area contributed by atoms with Crippen LogP contribution in [0.25, 0.3) is 6.08 Å². The minimum Gasteiger partial charge on any atom is -0.383 e. The molecular weight excluding hydrogens is 265 g/mol. The normalized spacial score (nSPS) is 11.2. The molecule has 0 N–H and O–H groups in total. The Balaban J connectivity index is 3.41. The van der Waals surface area contributed by atoms with Crippen molar-refractivity contribution in [1.29, 1.82) is 0 Å². The minimum absolute atomic E-state index is 0.136. The highest BCUT2D eigenvalue weighted by Gasteiger charge is 2.23. The quantitative estimate of drug-likeness (QED) is 0.356. The summed E-state index contributed by atoms with van der Waals surface area (Å²) in [7, 11) is 6.89. The first-order valence-corrected chi connectivity index (χ1v) is 5.71. The number of hydrogen-bond acceptors (Lipinski definition) is 5. The number of aliphatic imine (C=N–C) groups is 1. The van der Waals surface area contributed by atoms with Gasteiger partial charge in [-0.05, 0) is 12.3 Å². The first kappa shape index (κ1) is 15.5. The number of rotatable bonds is 5. The summed E-state index contributed by atoms with van der Waals surface area (Å²) in [5, 5.41) is 11.1. The lowest BCUT2D eigenvalue weighted by atomic mass is 10.2. The summed E-state index contributed by atoms with van der Waals surface area (Å²) in [6.45, 7) is 0. The summed E-state index contributed by atoms with van der Waals surface area (Å²) in [4.78, 5) is 21.3. The lowest BCUT2D eigenvalue weighted by Gasteiger charge is -2.06. The van der Waals surface area contributed by atoms with Gasteiger partial charge in [0.15, 0.2) is 5.82 Å². The summed E-state index contributed by atoms with van der Waals surface area (Å²) >= 11 is 0. The lowest BCUT2D eigenvalue weighted by molar-refractivity contribution is -0.384. The molecule has 0 spiro atoms. The van der Waals surface area contributed by atoms with Crippen LogP contribution in [0.1, 0.15) is 5.56 Å². The average molecular weight is 281 g/mol. The van der Waals surface area contributed by atoms with Gasteiger partial charge in [-0.15, -0.1) is 0 Å². The van der Waals surface area contributed by atoms with Gasteiger partial charge in [0.05, 0.1) is 23.0 Å². The number of halogens is 1. The van der Waals surface area contributed by atoms with E-state index in [1.165, 1.54) is 18.6 Å². The van der Waals surface area contributed by atoms with Crippen LogP contribution < -0.4 is 0 Å². The molecule has 0 bridgehead atoms. The molecule has 0 aliphatic heterocycles. The lowest BCUT2D eigenvalue weighted by Crippen LogP contribution is -2.07. The maximum atomic E-state index is 13.7. The molecule has 0 amide bonds. The molecule has 0 unspecified atom stereocenters. The molecule has 0 aliphatic rings. The van der Waals surface area contributed by atoms with Crippen molar-refractivity contribution in [3.8, 4) is 0 Å². The molecule has 0 fully saturated rings. The molecule has 7 nitrogen and oxygen atoms in total. The van der Waals surface area contributed by atoms with Gasteiger partial charge in [0.2, 0.25) is 5.82 Å². The SMILES string of the molecule is CN(C)C=Nc1ncc(F)c(/C=C/N(C)C)c1[N+](=O)[O-]. The van der Waals surface area contributed by atoms with Crippen molar-refractivity contribution in [2.24, 2.45) is 4.99 Å². The standard InChI is InChI=1S/C12H16FN5O2/c1-16(2)6-5-9-10(13)7-14-12(11(9)18(19)20)15-8-17(3)4/h5-8H,1-4H3/b6-5+,15-8?. The van der Waals surface area contributed by atoms with Crippen LogP contribution in [0.3, 0.4) is 0 Å². The van der Waals surface area contributed by atoms with E-state index in [0.717, 1.165) is 6.20 Å². The van der Waals surface area contributed by atoms with E-state index in [9.17, 15) is 14.5 Å². The Labute approximate surface area is 116 Å². The number of hydrogen-bond donors (Lipinski definition) is 0. The molecule has 0 saturated carbocycles. The predicted molar refractivity (Wildman–Crippen MR) is 75.4 cm³/mol. The van der Waals surface area contributed by atoms with Crippen LogP contribution in [-0.2, 0) is 0 Å². The van der Waals surface area contributed by atoms with Crippen LogP contribution in [0.4, 0.5) is 15.9 Å². The van der Waals surface area contributed by atoms with Crippen molar-refractivity contribution in [2.45, 2.75) is 0 Å². The molecule has 1 heterocycles. The monoisotopic (exact) mass is 281 g/mol. The average Bonchev–Trinajstić information content (AvgIpc) is 2.34. The zero-order chi connectivity index (χ0) is 15.3. The Hall–Kier alpha value is -2.51. The molecule has 1 rings (SSSR count). The first-order valence-electron chi connectivity index (χ1n) is 5.71. The third-order valence-electron chi connectivity index (χ3n) is 2.16. The van der Waals surface area contributed by atoms with Gasteiger partial charge in [-0.1, -0.05) is 0 Å². The largest absolute Gasteiger partial charge is 0.383 e. The van der Waals surface area contributed by atoms with Gasteiger partial charge >= 0.3 is 5.69 Å². The highest BCUT2D eigenvalue weighted by Crippen LogP contribution is 2.31. The summed E-state index contributed by atoms with van der Waals surface area (Å²) in [6.07, 6.45) is 5.13. The molecule has 0 aromatic carbocycles. The van der Waals surface area contributed by atoms with Crippen LogP contribution in [0.2, 0.25) is 0 Å². The molecule has 1 aromatic rings. The van der Waals surface area contributed by atoms with Crippen LogP contribution in [0.15, 0.2) is 17.4 Å². The molecule has 20 heavy (non-hydrogen) atoms. The molecule has 0 aliphatic carbocycles. The highest BCUT2D eigenvalue weighted by molar-refractivity contribution is 5.72. The molecular formula is C12H16FN5O2. The fourth-order valence-corrected chi connectivity index (χ4v) is 1.31. The van der Waals surface area contributed by atoms with E-state index >= 15 is 0 Å². The van der Waals surface area contributed by atoms with Crippen LogP contribution in [0.5, 0.6) is 0 Å². The maximum Gasteiger partial charge on any atom is 0.323 e. The minimum atomic E-state index is -0.765. The van der Waals surface area contributed by atoms with E-state index in [2.05, 4.69) is 9.98 Å². The Morgan fingerprint density at radius 3 is 2.50 bits per heavy atom. The van der Waals surface area contributed by atoms with Crippen molar-refractivity contribution in [1.82, 2.24) is 14.8 Å². The Bertz CT molecular complexity index is 555. The summed E-state index contributed by atoms with van der Waals surface area (Å²) < 4.78 is 13.7. The zero-order valence-electron chi connectivity index (χ0n) is 11.7. The first-order chi connectivity index (χ1) is 9.32. The van der Waals surface area contributed by atoms with Gasteiger partial charge < -0.3 is 9.80 Å². The smallest absolute Gasteiger partial charge is 0.323 e. The molecule has 0 atom stereocenters. The third-order valence-corrected chi connectivity index (χ3v) is 2.16. The highest BCUT2D eigenvalue weighted by atomic mass is 19.1. The Kier molecular flexibility index (Phi) is 5.13. The van der Waals surface area contributed by atoms with Crippen LogP contribution in [-0.4, -0.2) is 54.2 Å². The summed E-state index contributed by atoms with van der Waals surface area (Å²) in [5.41, 5.74) is -0.606. The van der Waals surface area contributed by atoms with Gasteiger partial charge in [-0.2, -0.15) is 0 Å². The molecule has 1 aromatic heterocycles. The molecule has 0 radical (unpaired) electrons. The molecule has 108 valence electrons. The Morgan fingerprint density at radius 2 is 2.00 bits per heavy atom. The Morgan fingerprint density at radius 1 is 1.35 bits per heavy atom. The summed E-state index contributed by atoms with van der Waals surface area (Å²) in [5.74, 6) is -0.901. The van der Waals surface area contributed by atoms with Crippen molar-refractivity contribution >= 4 is 23.9 Å². The number of nitrogens with zero attached hydrogens (tertiary/aromatic N) is 5. The van der Waals surface area contributed by atoms with E-state index in [1.54, 1.807) is 38.0 Å². The maximum absolute atomic E-state index is 13.7. The van der Waals surface area contributed by atoms with Gasteiger partial charge in [0.1, 0.15) is 0 Å². The van der Waals surface area contributed by atoms with Crippen LogP contribution >= 0.6 is 0 Å². The number of aromatic nitrogens is 1. The second kappa shape index (κ2) is 6.60. The fraction of sp³-hybridized carbons (Fsp3) is 0.333. The van der Waals surface area contributed by atoms with Crippen molar-refractivity contribution in [2.75, 3.05) is 28.2 Å². The number of pyridine rings is 1. The second-order valence-corrected chi connectivity index (χ2v) is 4.44. The predicted octanol–water partition coefficient (Wildman–Crippen LogP) is 1.88. The zero-order valence-corrected chi connectivity index (χ0v) is 11.7. The van der Waals surface area contributed by atoms with E-state index in [0.29, 0.717) is 0 Å². The van der Waals surface area contributed by atoms with Gasteiger partial charge in [0.25, 0.3) is 0 Å². The van der Waals surface area contributed by atoms with Crippen molar-refractivity contribution in [3.63, 3.8) is 0 Å². The van der Waals surface area contributed by atoms with Gasteiger partial charge in [-0.3, -0.25) is 10.1 Å². The van der Waals surface area contributed by atoms with Crippen LogP contribution in [0, 0.1) is 15.9 Å². The van der Waals surface area contributed by atoms with E-state index in [1.807, 2.05) is 0 Å². The summed E-state index contributed by atoms with van der Waals surface area (Å²) in [6, 6.07) is 0. The van der Waals surface area contributed by atoms with E-state index in [-0.39, 0.29) is 11.4 Å². The third kappa shape index (κ3) is 4.01. The molecule has 0 saturated heterocycles. The van der Waals surface area contributed by atoms with E-state index < -0.39 is 16.4 Å². The second-order valence-electron chi connectivity index (χ2n) is 4.44.